The first kappa shape index (κ1) is 26.6. The van der Waals surface area contributed by atoms with Crippen molar-refractivity contribution in [3.8, 4) is 0 Å². The van der Waals surface area contributed by atoms with Crippen molar-refractivity contribution >= 4 is 13.4 Å². The number of aliphatic hydroxyl groups excluding tert-OH is 3. The molecule has 0 aromatic rings. The second-order valence-corrected chi connectivity index (χ2v) is 8.14. The fourth-order valence-electron chi connectivity index (χ4n) is 2.59. The molecule has 0 radical (unpaired) electrons. The van der Waals surface area contributed by atoms with Crippen molar-refractivity contribution in [3.05, 3.63) is 0 Å². The molecule has 162 valence electrons. The number of hydrogen-bond acceptors (Lipinski definition) is 8. The van der Waals surface area contributed by atoms with Crippen LogP contribution >= 0.6 is 7.60 Å². The Morgan fingerprint density at radius 3 is 2.00 bits per heavy atom. The third-order valence-electron chi connectivity index (χ3n) is 4.13. The van der Waals surface area contributed by atoms with E-state index in [4.69, 9.17) is 15.1 Å². The summed E-state index contributed by atoms with van der Waals surface area (Å²) in [5, 5.41) is 36.6. The largest absolute Gasteiger partial charge is 0.394 e. The minimum atomic E-state index is -5.05. The van der Waals surface area contributed by atoms with Crippen LogP contribution in [-0.4, -0.2) is 73.5 Å². The van der Waals surface area contributed by atoms with Crippen LogP contribution in [0.25, 0.3) is 0 Å². The first-order valence-corrected chi connectivity index (χ1v) is 10.8. The zero-order valence-electron chi connectivity index (χ0n) is 15.6. The zero-order chi connectivity index (χ0) is 20.9. The van der Waals surface area contributed by atoms with E-state index in [-0.39, 0.29) is 6.42 Å². The zero-order valence-corrected chi connectivity index (χ0v) is 16.5. The molecule has 0 aromatic carbocycles. The van der Waals surface area contributed by atoms with Gasteiger partial charge in [0.1, 0.15) is 18.3 Å². The number of ether oxygens (including phenoxy) is 1. The smallest absolute Gasteiger partial charge is 0.356 e. The van der Waals surface area contributed by atoms with Crippen LogP contribution in [0.2, 0.25) is 0 Å². The molecule has 27 heavy (non-hydrogen) atoms. The highest BCUT2D eigenvalue weighted by Gasteiger charge is 2.42. The van der Waals surface area contributed by atoms with E-state index in [1.165, 1.54) is 0 Å². The van der Waals surface area contributed by atoms with Gasteiger partial charge in [-0.1, -0.05) is 45.4 Å². The Kier molecular flexibility index (Phi) is 14.3. The molecule has 0 heterocycles. The second kappa shape index (κ2) is 14.6. The molecular weight excluding hydrogens is 383 g/mol. The van der Waals surface area contributed by atoms with E-state index in [9.17, 15) is 29.4 Å². The third-order valence-corrected chi connectivity index (χ3v) is 5.26. The maximum atomic E-state index is 12.4. The molecule has 0 fully saturated rings. The summed E-state index contributed by atoms with van der Waals surface area (Å²) in [5.41, 5.74) is 0. The SMILES string of the molecule is CCCCCCCCCC(=O)C(OC(C(O)CO)P(=O)(O)O)[C@H](CO)OO. The lowest BCUT2D eigenvalue weighted by Gasteiger charge is -2.29. The topological polar surface area (TPSA) is 174 Å². The van der Waals surface area contributed by atoms with Gasteiger partial charge in [0.2, 0.25) is 0 Å². The van der Waals surface area contributed by atoms with Crippen LogP contribution in [0, 0.1) is 0 Å². The molecule has 0 aromatic heterocycles. The van der Waals surface area contributed by atoms with E-state index in [1.807, 2.05) is 0 Å². The van der Waals surface area contributed by atoms with E-state index in [0.29, 0.717) is 6.42 Å². The first-order valence-electron chi connectivity index (χ1n) is 9.16. The molecular formula is C16H33O10P. The maximum Gasteiger partial charge on any atom is 0.356 e. The number of rotatable bonds is 17. The van der Waals surface area contributed by atoms with Crippen LogP contribution in [0.1, 0.15) is 58.3 Å². The first-order chi connectivity index (χ1) is 12.7. The number of aliphatic hydroxyl groups is 3. The fraction of sp³-hybridized carbons (Fsp3) is 0.938. The third kappa shape index (κ3) is 10.6. The van der Waals surface area contributed by atoms with Gasteiger partial charge < -0.3 is 29.8 Å². The number of unbranched alkanes of at least 4 members (excludes halogenated alkanes) is 6. The molecule has 0 amide bonds. The Labute approximate surface area is 159 Å². The second-order valence-electron chi connectivity index (χ2n) is 6.45. The predicted octanol–water partition coefficient (Wildman–Crippen LogP) is 0.789. The molecule has 0 bridgehead atoms. The highest BCUT2D eigenvalue weighted by Crippen LogP contribution is 2.44. The van der Waals surface area contributed by atoms with Crippen molar-refractivity contribution in [2.75, 3.05) is 13.2 Å². The lowest BCUT2D eigenvalue weighted by molar-refractivity contribution is -0.305. The molecule has 0 spiro atoms. The number of ketones is 1. The lowest BCUT2D eigenvalue weighted by atomic mass is 10.0. The van der Waals surface area contributed by atoms with Crippen LogP contribution in [0.5, 0.6) is 0 Å². The highest BCUT2D eigenvalue weighted by molar-refractivity contribution is 7.52. The standard InChI is InChI=1S/C16H33O10P/c1-2-3-4-5-6-7-8-9-12(19)15(14(11-18)26-21)25-16(13(20)10-17)27(22,23)24/h13-18,20-21H,2-11H2,1H3,(H2,22,23,24)/t13?,14-,15?,16?/m0/s1. The van der Waals surface area contributed by atoms with Gasteiger partial charge in [0, 0.05) is 6.42 Å². The van der Waals surface area contributed by atoms with Crippen LogP contribution in [0.3, 0.4) is 0 Å². The van der Waals surface area contributed by atoms with Crippen LogP contribution in [0.15, 0.2) is 0 Å². The number of carbonyl (C=O) groups excluding carboxylic acids is 1. The molecule has 6 N–H and O–H groups in total. The molecule has 0 aliphatic rings. The Hall–Kier alpha value is -0.420. The average molecular weight is 416 g/mol. The van der Waals surface area contributed by atoms with Gasteiger partial charge in [-0.25, -0.2) is 4.89 Å². The molecule has 0 rings (SSSR count). The van der Waals surface area contributed by atoms with Gasteiger partial charge in [0.05, 0.1) is 13.2 Å². The summed E-state index contributed by atoms with van der Waals surface area (Å²) in [7, 11) is -5.05. The van der Waals surface area contributed by atoms with E-state index >= 15 is 0 Å². The molecule has 3 unspecified atom stereocenters. The van der Waals surface area contributed by atoms with Gasteiger partial charge in [-0.2, -0.15) is 0 Å². The van der Waals surface area contributed by atoms with Gasteiger partial charge in [-0.05, 0) is 6.42 Å². The molecule has 0 saturated carbocycles. The van der Waals surface area contributed by atoms with Gasteiger partial charge >= 0.3 is 7.60 Å². The molecule has 11 heteroatoms. The predicted molar refractivity (Wildman–Crippen MR) is 96.0 cm³/mol. The monoisotopic (exact) mass is 416 g/mol. The summed E-state index contributed by atoms with van der Waals surface area (Å²) >= 11 is 0. The average Bonchev–Trinajstić information content (AvgIpc) is 2.62. The van der Waals surface area contributed by atoms with Crippen molar-refractivity contribution in [3.63, 3.8) is 0 Å². The maximum absolute atomic E-state index is 12.4. The van der Waals surface area contributed by atoms with Crippen molar-refractivity contribution in [2.24, 2.45) is 0 Å². The van der Waals surface area contributed by atoms with Crippen molar-refractivity contribution in [1.29, 1.82) is 0 Å². The highest BCUT2D eigenvalue weighted by atomic mass is 31.2. The minimum absolute atomic E-state index is 0.0125. The summed E-state index contributed by atoms with van der Waals surface area (Å²) in [4.78, 5) is 35.0. The molecule has 0 saturated heterocycles. The molecule has 0 aliphatic carbocycles. The van der Waals surface area contributed by atoms with E-state index in [0.717, 1.165) is 38.5 Å². The Morgan fingerprint density at radius 2 is 1.56 bits per heavy atom. The van der Waals surface area contributed by atoms with Gasteiger partial charge in [-0.15, -0.1) is 0 Å². The number of Topliss-reactive ketones (excluding diaryl/α,β-unsaturated/α-hetero) is 1. The van der Waals surface area contributed by atoms with Gasteiger partial charge in [0.25, 0.3) is 0 Å². The van der Waals surface area contributed by atoms with Crippen LogP contribution in [0.4, 0.5) is 0 Å². The summed E-state index contributed by atoms with van der Waals surface area (Å²) in [6.45, 7) is 0.240. The molecule has 4 atom stereocenters. The van der Waals surface area contributed by atoms with E-state index in [1.54, 1.807) is 0 Å². The van der Waals surface area contributed by atoms with Crippen molar-refractivity contribution in [2.45, 2.75) is 82.4 Å². The Morgan fingerprint density at radius 1 is 1.00 bits per heavy atom. The fourth-order valence-corrected chi connectivity index (χ4v) is 3.42. The van der Waals surface area contributed by atoms with Crippen molar-refractivity contribution < 1.29 is 49.3 Å². The number of hydrogen-bond donors (Lipinski definition) is 6. The van der Waals surface area contributed by atoms with Crippen molar-refractivity contribution in [1.82, 2.24) is 0 Å². The van der Waals surface area contributed by atoms with Crippen LogP contribution < -0.4 is 0 Å². The lowest BCUT2D eigenvalue weighted by Crippen LogP contribution is -2.46. The van der Waals surface area contributed by atoms with E-state index in [2.05, 4.69) is 11.8 Å². The summed E-state index contributed by atoms with van der Waals surface area (Å²) < 4.78 is 16.5. The normalized spacial score (nSPS) is 16.7. The molecule has 10 nitrogen and oxygen atoms in total. The van der Waals surface area contributed by atoms with Gasteiger partial charge in [-0.3, -0.25) is 14.6 Å². The minimum Gasteiger partial charge on any atom is -0.394 e. The summed E-state index contributed by atoms with van der Waals surface area (Å²) in [5.74, 6) is -2.84. The number of carbonyl (C=O) groups is 1. The quantitative estimate of drug-likeness (QED) is 0.0860. The summed E-state index contributed by atoms with van der Waals surface area (Å²) in [6, 6.07) is 0. The molecule has 0 aliphatic heterocycles. The van der Waals surface area contributed by atoms with Gasteiger partial charge in [0.15, 0.2) is 11.6 Å². The Bertz CT molecular complexity index is 437. The summed E-state index contributed by atoms with van der Waals surface area (Å²) in [6.07, 6.45) is 1.38. The Balaban J connectivity index is 4.88. The van der Waals surface area contributed by atoms with E-state index < -0.39 is 50.7 Å². The van der Waals surface area contributed by atoms with Crippen LogP contribution in [-0.2, 0) is 19.0 Å².